The van der Waals surface area contributed by atoms with Gasteiger partial charge in [0, 0.05) is 29.0 Å². The average Bonchev–Trinajstić information content (AvgIpc) is 2.85. The summed E-state index contributed by atoms with van der Waals surface area (Å²) in [5, 5.41) is 19.6. The van der Waals surface area contributed by atoms with Crippen LogP contribution in [-0.4, -0.2) is 41.0 Å². The quantitative estimate of drug-likeness (QED) is 0.646. The average molecular weight is 424 g/mol. The molecule has 0 aromatic heterocycles. The van der Waals surface area contributed by atoms with Crippen molar-refractivity contribution in [2.24, 2.45) is 0 Å². The molecule has 1 aliphatic rings. The van der Waals surface area contributed by atoms with Gasteiger partial charge in [0.15, 0.2) is 0 Å². The Kier molecular flexibility index (Phi) is 7.89. The Morgan fingerprint density at radius 1 is 1.36 bits per heavy atom. The summed E-state index contributed by atoms with van der Waals surface area (Å²) in [6, 6.07) is 5.28. The zero-order chi connectivity index (χ0) is 21.7. The molecule has 0 aliphatic carbocycles. The van der Waals surface area contributed by atoms with Crippen LogP contribution in [0.2, 0.25) is 0 Å². The number of hydrogen-bond acceptors (Lipinski definition) is 4. The zero-order valence-electron chi connectivity index (χ0n) is 15.3. The van der Waals surface area contributed by atoms with Gasteiger partial charge >= 0.3 is 18.1 Å². The summed E-state index contributed by atoms with van der Waals surface area (Å²) in [5.74, 6) is -2.81. The van der Waals surface area contributed by atoms with Crippen molar-refractivity contribution in [2.45, 2.75) is 44.4 Å². The minimum absolute atomic E-state index is 0.0290. The number of hydrogen-bond donors (Lipinski definition) is 3. The smallest absolute Gasteiger partial charge is 0.490 e. The van der Waals surface area contributed by atoms with Crippen LogP contribution in [0.1, 0.15) is 31.4 Å². The first-order valence-electron chi connectivity index (χ1n) is 8.10. The molecule has 1 atom stereocenters. The molecule has 0 spiro atoms. The fourth-order valence-corrected chi connectivity index (χ4v) is 2.55. The molecule has 0 fully saturated rings. The van der Waals surface area contributed by atoms with Crippen LogP contribution < -0.4 is 10.1 Å². The van der Waals surface area contributed by atoms with Crippen LogP contribution in [0.3, 0.4) is 0 Å². The minimum Gasteiger partial charge on any atom is -0.492 e. The predicted octanol–water partition coefficient (Wildman–Crippen LogP) is 3.68. The molecule has 3 N–H and O–H groups in total. The lowest BCUT2D eigenvalue weighted by Gasteiger charge is -2.16. The molecule has 28 heavy (non-hydrogen) atoms. The third-order valence-corrected chi connectivity index (χ3v) is 4.04. The summed E-state index contributed by atoms with van der Waals surface area (Å²) < 4.78 is 37.4. The van der Waals surface area contributed by atoms with Crippen molar-refractivity contribution in [3.63, 3.8) is 0 Å². The van der Waals surface area contributed by atoms with Crippen molar-refractivity contribution in [1.29, 1.82) is 0 Å². The SMILES string of the molecule is C=C(Cl)CC(NCc1ccc2c(c1)OCC2(C)C)C(=O)O.O=C(O)C(F)(F)F. The van der Waals surface area contributed by atoms with E-state index in [-0.39, 0.29) is 11.8 Å². The van der Waals surface area contributed by atoms with E-state index in [0.29, 0.717) is 18.2 Å². The second kappa shape index (κ2) is 9.29. The normalized spacial score (nSPS) is 15.5. The van der Waals surface area contributed by atoms with Crippen molar-refractivity contribution in [1.82, 2.24) is 5.32 Å². The Labute approximate surface area is 164 Å². The van der Waals surface area contributed by atoms with Crippen LogP contribution >= 0.6 is 11.6 Å². The highest BCUT2D eigenvalue weighted by Gasteiger charge is 2.38. The van der Waals surface area contributed by atoms with Gasteiger partial charge in [0.2, 0.25) is 0 Å². The Balaban J connectivity index is 0.000000480. The molecule has 1 unspecified atom stereocenters. The standard InChI is InChI=1S/C16H20ClNO3.C2HF3O2/c1-10(17)6-13(15(19)20)18-8-11-4-5-12-14(7-11)21-9-16(12,2)3;3-2(4,5)1(6)7/h4-5,7,13,18H,1,6,8-9H2,2-3H3,(H,19,20);(H,6,7). The van der Waals surface area contributed by atoms with E-state index < -0.39 is 24.2 Å². The lowest BCUT2D eigenvalue weighted by atomic mass is 9.86. The number of carboxylic acid groups (broad SMARTS) is 2. The van der Waals surface area contributed by atoms with Crippen molar-refractivity contribution < 1.29 is 37.7 Å². The van der Waals surface area contributed by atoms with Crippen molar-refractivity contribution in [3.8, 4) is 5.75 Å². The monoisotopic (exact) mass is 423 g/mol. The second-order valence-electron chi connectivity index (χ2n) is 6.80. The maximum atomic E-state index is 11.1. The van der Waals surface area contributed by atoms with E-state index >= 15 is 0 Å². The molecule has 1 aliphatic heterocycles. The first-order valence-corrected chi connectivity index (χ1v) is 8.47. The Bertz CT molecular complexity index is 749. The van der Waals surface area contributed by atoms with Gasteiger partial charge in [0.05, 0.1) is 6.61 Å². The fraction of sp³-hybridized carbons (Fsp3) is 0.444. The molecule has 0 saturated heterocycles. The van der Waals surface area contributed by atoms with E-state index in [2.05, 4.69) is 31.8 Å². The highest BCUT2D eigenvalue weighted by molar-refractivity contribution is 6.29. The van der Waals surface area contributed by atoms with Gasteiger partial charge in [0.1, 0.15) is 11.8 Å². The van der Waals surface area contributed by atoms with E-state index in [0.717, 1.165) is 11.3 Å². The molecule has 0 amide bonds. The molecule has 6 nitrogen and oxygen atoms in total. The van der Waals surface area contributed by atoms with Crippen LogP contribution in [0.15, 0.2) is 29.8 Å². The number of nitrogens with one attached hydrogen (secondary N) is 1. The van der Waals surface area contributed by atoms with Gasteiger partial charge in [-0.15, -0.1) is 0 Å². The number of rotatable bonds is 6. The molecule has 1 heterocycles. The van der Waals surface area contributed by atoms with Crippen LogP contribution in [0, 0.1) is 0 Å². The number of benzene rings is 1. The topological polar surface area (TPSA) is 95.9 Å². The maximum absolute atomic E-state index is 11.1. The van der Waals surface area contributed by atoms with Gasteiger partial charge in [-0.3, -0.25) is 10.1 Å². The van der Waals surface area contributed by atoms with E-state index in [4.69, 9.17) is 31.3 Å². The van der Waals surface area contributed by atoms with Crippen molar-refractivity contribution in [2.75, 3.05) is 6.61 Å². The molecule has 2 rings (SSSR count). The van der Waals surface area contributed by atoms with E-state index in [9.17, 15) is 18.0 Å². The number of fused-ring (bicyclic) bond motifs is 1. The summed E-state index contributed by atoms with van der Waals surface area (Å²) in [4.78, 5) is 20.0. The Morgan fingerprint density at radius 2 is 1.93 bits per heavy atom. The van der Waals surface area contributed by atoms with Gasteiger partial charge in [-0.1, -0.05) is 44.2 Å². The summed E-state index contributed by atoms with van der Waals surface area (Å²) in [5.41, 5.74) is 2.20. The number of ether oxygens (including phenoxy) is 1. The molecular formula is C18H21ClF3NO5. The lowest BCUT2D eigenvalue weighted by Crippen LogP contribution is -2.36. The van der Waals surface area contributed by atoms with Crippen LogP contribution in [0.5, 0.6) is 5.75 Å². The number of halogens is 4. The number of carboxylic acids is 2. The zero-order valence-corrected chi connectivity index (χ0v) is 16.0. The van der Waals surface area contributed by atoms with Gasteiger partial charge < -0.3 is 14.9 Å². The molecule has 10 heteroatoms. The molecule has 0 radical (unpaired) electrons. The third kappa shape index (κ3) is 7.05. The van der Waals surface area contributed by atoms with Gasteiger partial charge in [-0.25, -0.2) is 4.79 Å². The summed E-state index contributed by atoms with van der Waals surface area (Å²) in [6.45, 7) is 8.93. The minimum atomic E-state index is -5.08. The Hall–Kier alpha value is -2.26. The van der Waals surface area contributed by atoms with Gasteiger partial charge in [-0.2, -0.15) is 13.2 Å². The van der Waals surface area contributed by atoms with Crippen molar-refractivity contribution in [3.05, 3.63) is 40.9 Å². The third-order valence-electron chi connectivity index (χ3n) is 3.88. The van der Waals surface area contributed by atoms with Crippen molar-refractivity contribution >= 4 is 23.5 Å². The maximum Gasteiger partial charge on any atom is 0.490 e. The summed E-state index contributed by atoms with van der Waals surface area (Å²) in [6.07, 6.45) is -4.88. The molecule has 1 aromatic carbocycles. The highest BCUT2D eigenvalue weighted by atomic mass is 35.5. The predicted molar refractivity (Wildman–Crippen MR) is 96.5 cm³/mol. The van der Waals surface area contributed by atoms with Crippen LogP contribution in [0.4, 0.5) is 13.2 Å². The number of carbonyl (C=O) groups is 2. The largest absolute Gasteiger partial charge is 0.492 e. The van der Waals surface area contributed by atoms with E-state index in [1.54, 1.807) is 0 Å². The first kappa shape index (κ1) is 23.8. The number of aliphatic carboxylic acids is 2. The van der Waals surface area contributed by atoms with E-state index in [1.165, 1.54) is 5.56 Å². The fourth-order valence-electron chi connectivity index (χ4n) is 2.40. The van der Waals surface area contributed by atoms with Gasteiger partial charge in [-0.05, 0) is 11.6 Å². The molecule has 156 valence electrons. The van der Waals surface area contributed by atoms with E-state index in [1.807, 2.05) is 12.1 Å². The Morgan fingerprint density at radius 3 is 2.39 bits per heavy atom. The van der Waals surface area contributed by atoms with Crippen LogP contribution in [0.25, 0.3) is 0 Å². The summed E-state index contributed by atoms with van der Waals surface area (Å²) in [7, 11) is 0. The second-order valence-corrected chi connectivity index (χ2v) is 7.33. The van der Waals surface area contributed by atoms with Gasteiger partial charge in [0.25, 0.3) is 0 Å². The summed E-state index contributed by atoms with van der Waals surface area (Å²) >= 11 is 5.69. The molecule has 1 aromatic rings. The first-order chi connectivity index (χ1) is 12.7. The molecule has 0 bridgehead atoms. The van der Waals surface area contributed by atoms with Crippen LogP contribution in [-0.2, 0) is 21.5 Å². The molecular weight excluding hydrogens is 403 g/mol. The number of alkyl halides is 3. The molecule has 0 saturated carbocycles. The highest BCUT2D eigenvalue weighted by Crippen LogP contribution is 2.38. The lowest BCUT2D eigenvalue weighted by molar-refractivity contribution is -0.192.